The van der Waals surface area contributed by atoms with Gasteiger partial charge < -0.3 is 26.6 Å². The number of Topliss-reactive ketones (excluding diaryl/α,β-unsaturated/α-hetero) is 1. The topological polar surface area (TPSA) is 134 Å². The number of likely N-dealkylation sites (N-methyl/N-ethyl adjacent to an activating group) is 2. The summed E-state index contributed by atoms with van der Waals surface area (Å²) < 4.78 is 0. The highest BCUT2D eigenvalue weighted by molar-refractivity contribution is 6.38. The SMILES string of the molecule is CNC(=O)C(=O)C(NC(=O)C1CCCN1C(=O)C(Cc1ccccc1)NC)C1CCC(N)CC1. The fourth-order valence-corrected chi connectivity index (χ4v) is 5.06. The second kappa shape index (κ2) is 12.1. The molecule has 1 aromatic rings. The summed E-state index contributed by atoms with van der Waals surface area (Å²) in [5, 5.41) is 8.30. The Hall–Kier alpha value is -2.78. The van der Waals surface area contributed by atoms with Crippen LogP contribution in [0.25, 0.3) is 0 Å². The van der Waals surface area contributed by atoms with Crippen molar-refractivity contribution in [1.29, 1.82) is 0 Å². The first-order valence-corrected chi connectivity index (χ1v) is 12.2. The molecule has 2 fully saturated rings. The molecule has 2 aliphatic rings. The van der Waals surface area contributed by atoms with Crippen LogP contribution in [-0.2, 0) is 25.6 Å². The highest BCUT2D eigenvalue weighted by atomic mass is 16.2. The molecule has 1 saturated heterocycles. The van der Waals surface area contributed by atoms with E-state index in [2.05, 4.69) is 16.0 Å². The zero-order chi connectivity index (χ0) is 24.7. The fraction of sp³-hybridized carbons (Fsp3) is 0.600. The minimum absolute atomic E-state index is 0.0775. The lowest BCUT2D eigenvalue weighted by atomic mass is 9.80. The maximum Gasteiger partial charge on any atom is 0.289 e. The number of nitrogens with two attached hydrogens (primary N) is 1. The molecule has 0 bridgehead atoms. The number of likely N-dealkylation sites (tertiary alicyclic amines) is 1. The van der Waals surface area contributed by atoms with Crippen LogP contribution in [0.4, 0.5) is 0 Å². The first-order chi connectivity index (χ1) is 16.3. The van der Waals surface area contributed by atoms with E-state index < -0.39 is 29.8 Å². The Bertz CT molecular complexity index is 869. The van der Waals surface area contributed by atoms with Crippen LogP contribution in [0.1, 0.15) is 44.1 Å². The maximum absolute atomic E-state index is 13.3. The van der Waals surface area contributed by atoms with Crippen LogP contribution in [0.2, 0.25) is 0 Å². The van der Waals surface area contributed by atoms with Crippen molar-refractivity contribution in [3.05, 3.63) is 35.9 Å². The second-order valence-electron chi connectivity index (χ2n) is 9.33. The van der Waals surface area contributed by atoms with Gasteiger partial charge in [0.25, 0.3) is 5.91 Å². The molecule has 9 heteroatoms. The molecule has 3 rings (SSSR count). The van der Waals surface area contributed by atoms with Crippen molar-refractivity contribution in [2.45, 2.75) is 69.1 Å². The number of carbonyl (C=O) groups excluding carboxylic acids is 4. The lowest BCUT2D eigenvalue weighted by Gasteiger charge is -2.34. The first-order valence-electron chi connectivity index (χ1n) is 12.2. The number of benzene rings is 1. The molecule has 3 unspecified atom stereocenters. The molecule has 1 heterocycles. The van der Waals surface area contributed by atoms with Crippen molar-refractivity contribution in [3.63, 3.8) is 0 Å². The van der Waals surface area contributed by atoms with E-state index in [1.807, 2.05) is 30.3 Å². The number of ketones is 1. The summed E-state index contributed by atoms with van der Waals surface area (Å²) >= 11 is 0. The summed E-state index contributed by atoms with van der Waals surface area (Å²) in [6.07, 6.45) is 4.57. The Morgan fingerprint density at radius 1 is 1.03 bits per heavy atom. The molecule has 1 aromatic carbocycles. The van der Waals surface area contributed by atoms with E-state index in [4.69, 9.17) is 5.73 Å². The van der Waals surface area contributed by atoms with Gasteiger partial charge in [-0.3, -0.25) is 19.2 Å². The van der Waals surface area contributed by atoms with Crippen LogP contribution in [0.5, 0.6) is 0 Å². The molecule has 3 atom stereocenters. The van der Waals surface area contributed by atoms with E-state index in [1.54, 1.807) is 11.9 Å². The summed E-state index contributed by atoms with van der Waals surface area (Å²) in [6, 6.07) is 7.77. The lowest BCUT2D eigenvalue weighted by molar-refractivity contribution is -0.143. The van der Waals surface area contributed by atoms with E-state index in [-0.39, 0.29) is 23.8 Å². The third-order valence-electron chi connectivity index (χ3n) is 7.09. The van der Waals surface area contributed by atoms with Gasteiger partial charge in [-0.25, -0.2) is 0 Å². The molecule has 0 spiro atoms. The summed E-state index contributed by atoms with van der Waals surface area (Å²) in [7, 11) is 3.14. The van der Waals surface area contributed by atoms with Crippen molar-refractivity contribution >= 4 is 23.5 Å². The van der Waals surface area contributed by atoms with Gasteiger partial charge in [-0.15, -0.1) is 0 Å². The fourth-order valence-electron chi connectivity index (χ4n) is 5.06. The monoisotopic (exact) mass is 471 g/mol. The zero-order valence-corrected chi connectivity index (χ0v) is 20.1. The predicted octanol–water partition coefficient (Wildman–Crippen LogP) is 0.126. The Balaban J connectivity index is 1.71. The Kier molecular flexibility index (Phi) is 9.18. The van der Waals surface area contributed by atoms with Crippen molar-refractivity contribution < 1.29 is 19.2 Å². The Morgan fingerprint density at radius 3 is 2.32 bits per heavy atom. The normalized spacial score (nSPS) is 24.2. The van der Waals surface area contributed by atoms with Gasteiger partial charge in [-0.05, 0) is 63.5 Å². The van der Waals surface area contributed by atoms with E-state index in [1.165, 1.54) is 7.05 Å². The van der Waals surface area contributed by atoms with Crippen LogP contribution in [0.3, 0.4) is 0 Å². The predicted molar refractivity (Wildman–Crippen MR) is 129 cm³/mol. The number of nitrogens with one attached hydrogen (secondary N) is 3. The van der Waals surface area contributed by atoms with Crippen LogP contribution in [0.15, 0.2) is 30.3 Å². The summed E-state index contributed by atoms with van der Waals surface area (Å²) in [6.45, 7) is 0.482. The Morgan fingerprint density at radius 2 is 1.71 bits per heavy atom. The van der Waals surface area contributed by atoms with Gasteiger partial charge in [-0.2, -0.15) is 0 Å². The molecule has 9 nitrogen and oxygen atoms in total. The third kappa shape index (κ3) is 6.21. The number of amides is 3. The molecule has 0 aromatic heterocycles. The van der Waals surface area contributed by atoms with Crippen LogP contribution in [-0.4, -0.2) is 73.2 Å². The number of rotatable bonds is 9. The van der Waals surface area contributed by atoms with Crippen LogP contribution < -0.4 is 21.7 Å². The van der Waals surface area contributed by atoms with Gasteiger partial charge in [0.2, 0.25) is 17.6 Å². The average molecular weight is 472 g/mol. The molecule has 186 valence electrons. The summed E-state index contributed by atoms with van der Waals surface area (Å²) in [4.78, 5) is 53.2. The quantitative estimate of drug-likeness (QED) is 0.378. The number of hydrogen-bond donors (Lipinski definition) is 4. The van der Waals surface area contributed by atoms with Gasteiger partial charge in [-0.1, -0.05) is 30.3 Å². The zero-order valence-electron chi connectivity index (χ0n) is 20.1. The molecule has 1 aliphatic carbocycles. The minimum Gasteiger partial charge on any atom is -0.353 e. The standard InChI is InChI=1S/C25H37N5O4/c1-27-19(15-16-7-4-3-5-8-16)25(34)30-14-6-9-20(30)23(32)29-21(22(31)24(33)28-2)17-10-12-18(26)13-11-17/h3-5,7-8,17-21,27H,6,9-15,26H2,1-2H3,(H,28,33)(H,29,32). The van der Waals surface area contributed by atoms with Gasteiger partial charge in [0, 0.05) is 19.6 Å². The number of carbonyl (C=O) groups is 4. The molecule has 5 N–H and O–H groups in total. The van der Waals surface area contributed by atoms with Gasteiger partial charge in [0.05, 0.1) is 6.04 Å². The van der Waals surface area contributed by atoms with E-state index in [9.17, 15) is 19.2 Å². The highest BCUT2D eigenvalue weighted by Gasteiger charge is 2.41. The second-order valence-corrected chi connectivity index (χ2v) is 9.33. The molecular weight excluding hydrogens is 434 g/mol. The lowest BCUT2D eigenvalue weighted by Crippen LogP contribution is -2.57. The van der Waals surface area contributed by atoms with Gasteiger partial charge in [0.1, 0.15) is 12.1 Å². The van der Waals surface area contributed by atoms with Crippen molar-refractivity contribution in [1.82, 2.24) is 20.9 Å². The van der Waals surface area contributed by atoms with Gasteiger partial charge in [0.15, 0.2) is 0 Å². The van der Waals surface area contributed by atoms with Crippen LogP contribution >= 0.6 is 0 Å². The highest BCUT2D eigenvalue weighted by Crippen LogP contribution is 2.27. The molecule has 3 amide bonds. The summed E-state index contributed by atoms with van der Waals surface area (Å²) in [5.74, 6) is -2.04. The van der Waals surface area contributed by atoms with Crippen molar-refractivity contribution in [3.8, 4) is 0 Å². The maximum atomic E-state index is 13.3. The molecular formula is C25H37N5O4. The minimum atomic E-state index is -0.915. The number of nitrogens with zero attached hydrogens (tertiary/aromatic N) is 1. The summed E-state index contributed by atoms with van der Waals surface area (Å²) in [5.41, 5.74) is 7.04. The first kappa shape index (κ1) is 25.8. The molecule has 34 heavy (non-hydrogen) atoms. The van der Waals surface area contributed by atoms with Gasteiger partial charge >= 0.3 is 0 Å². The van der Waals surface area contributed by atoms with E-state index in [0.29, 0.717) is 38.6 Å². The molecule has 0 radical (unpaired) electrons. The van der Waals surface area contributed by atoms with E-state index >= 15 is 0 Å². The van der Waals surface area contributed by atoms with Crippen LogP contribution in [0, 0.1) is 5.92 Å². The smallest absolute Gasteiger partial charge is 0.289 e. The number of hydrogen-bond acceptors (Lipinski definition) is 6. The third-order valence-corrected chi connectivity index (χ3v) is 7.09. The van der Waals surface area contributed by atoms with E-state index in [0.717, 1.165) is 18.4 Å². The molecule has 1 aliphatic heterocycles. The largest absolute Gasteiger partial charge is 0.353 e. The Labute approximate surface area is 201 Å². The van der Waals surface area contributed by atoms with Crippen molar-refractivity contribution in [2.24, 2.45) is 11.7 Å². The van der Waals surface area contributed by atoms with Crippen molar-refractivity contribution in [2.75, 3.05) is 20.6 Å². The average Bonchev–Trinajstić information content (AvgIpc) is 3.36. The molecule has 1 saturated carbocycles.